The SMILES string of the molecule is CC(C)(C(=O)O)c1ccc(NC(=O)C(F)F)cc1. The Morgan fingerprint density at radius 1 is 1.22 bits per heavy atom. The third-order valence-corrected chi connectivity index (χ3v) is 2.61. The molecule has 0 aliphatic heterocycles. The van der Waals surface area contributed by atoms with Crippen LogP contribution in [0.5, 0.6) is 0 Å². The van der Waals surface area contributed by atoms with Gasteiger partial charge in [0.05, 0.1) is 5.41 Å². The molecule has 1 amide bonds. The van der Waals surface area contributed by atoms with Gasteiger partial charge < -0.3 is 10.4 Å². The number of carboxylic acids is 1. The highest BCUT2D eigenvalue weighted by molar-refractivity contribution is 5.93. The molecule has 4 nitrogen and oxygen atoms in total. The Labute approximate surface area is 103 Å². The van der Waals surface area contributed by atoms with Gasteiger partial charge in [0.25, 0.3) is 5.91 Å². The van der Waals surface area contributed by atoms with E-state index in [2.05, 4.69) is 0 Å². The molecule has 98 valence electrons. The number of carbonyl (C=O) groups is 2. The summed E-state index contributed by atoms with van der Waals surface area (Å²) in [4.78, 5) is 21.8. The summed E-state index contributed by atoms with van der Waals surface area (Å²) in [5.74, 6) is -2.38. The van der Waals surface area contributed by atoms with Gasteiger partial charge in [-0.2, -0.15) is 8.78 Å². The molecule has 0 bridgehead atoms. The van der Waals surface area contributed by atoms with Crippen LogP contribution >= 0.6 is 0 Å². The zero-order valence-electron chi connectivity index (χ0n) is 9.91. The Morgan fingerprint density at radius 3 is 2.11 bits per heavy atom. The number of nitrogens with one attached hydrogen (secondary N) is 1. The molecule has 0 atom stereocenters. The standard InChI is InChI=1S/C12H13F2NO3/c1-12(2,11(17)18)7-3-5-8(6-4-7)15-10(16)9(13)14/h3-6,9H,1-2H3,(H,15,16)(H,17,18). The van der Waals surface area contributed by atoms with Crippen molar-refractivity contribution in [3.8, 4) is 0 Å². The highest BCUT2D eigenvalue weighted by Gasteiger charge is 2.29. The molecule has 18 heavy (non-hydrogen) atoms. The van der Waals surface area contributed by atoms with Crippen LogP contribution in [0, 0.1) is 0 Å². The number of carbonyl (C=O) groups excluding carboxylic acids is 1. The normalized spacial score (nSPS) is 11.4. The van der Waals surface area contributed by atoms with Crippen molar-refractivity contribution >= 4 is 17.6 Å². The van der Waals surface area contributed by atoms with E-state index in [1.54, 1.807) is 0 Å². The predicted octanol–water partition coefficient (Wildman–Crippen LogP) is 2.25. The van der Waals surface area contributed by atoms with Crippen molar-refractivity contribution in [1.82, 2.24) is 0 Å². The van der Waals surface area contributed by atoms with Crippen molar-refractivity contribution in [3.63, 3.8) is 0 Å². The highest BCUT2D eigenvalue weighted by atomic mass is 19.3. The second-order valence-electron chi connectivity index (χ2n) is 4.30. The average Bonchev–Trinajstić information content (AvgIpc) is 2.29. The largest absolute Gasteiger partial charge is 0.481 e. The van der Waals surface area contributed by atoms with Crippen LogP contribution in [0.15, 0.2) is 24.3 Å². The highest BCUT2D eigenvalue weighted by Crippen LogP contribution is 2.24. The third-order valence-electron chi connectivity index (χ3n) is 2.61. The van der Waals surface area contributed by atoms with Crippen LogP contribution < -0.4 is 5.32 Å². The Balaban J connectivity index is 2.87. The van der Waals surface area contributed by atoms with Crippen LogP contribution in [-0.4, -0.2) is 23.4 Å². The van der Waals surface area contributed by atoms with Crippen molar-refractivity contribution in [1.29, 1.82) is 0 Å². The van der Waals surface area contributed by atoms with E-state index in [1.807, 2.05) is 5.32 Å². The second-order valence-corrected chi connectivity index (χ2v) is 4.30. The first-order chi connectivity index (χ1) is 8.25. The first-order valence-corrected chi connectivity index (χ1v) is 5.18. The number of halogens is 2. The van der Waals surface area contributed by atoms with E-state index in [0.29, 0.717) is 5.56 Å². The van der Waals surface area contributed by atoms with Crippen molar-refractivity contribution in [3.05, 3.63) is 29.8 Å². The molecule has 0 saturated carbocycles. The molecule has 1 rings (SSSR count). The maximum absolute atomic E-state index is 12.0. The molecule has 1 aromatic rings. The molecule has 0 fully saturated rings. The molecule has 0 saturated heterocycles. The van der Waals surface area contributed by atoms with Crippen molar-refractivity contribution < 1.29 is 23.5 Å². The van der Waals surface area contributed by atoms with Crippen molar-refractivity contribution in [2.75, 3.05) is 5.32 Å². The van der Waals surface area contributed by atoms with E-state index in [0.717, 1.165) is 0 Å². The quantitative estimate of drug-likeness (QED) is 0.869. The molecule has 0 aliphatic carbocycles. The van der Waals surface area contributed by atoms with Gasteiger partial charge in [-0.15, -0.1) is 0 Å². The minimum absolute atomic E-state index is 0.199. The Hall–Kier alpha value is -1.98. The second kappa shape index (κ2) is 5.12. The topological polar surface area (TPSA) is 66.4 Å². The summed E-state index contributed by atoms with van der Waals surface area (Å²) in [6, 6.07) is 5.74. The molecule has 2 N–H and O–H groups in total. The zero-order chi connectivity index (χ0) is 13.9. The number of carboxylic acid groups (broad SMARTS) is 1. The Kier molecular flexibility index (Phi) is 4.00. The molecule has 0 aromatic heterocycles. The monoisotopic (exact) mass is 257 g/mol. The smallest absolute Gasteiger partial charge is 0.315 e. The minimum Gasteiger partial charge on any atom is -0.481 e. The summed E-state index contributed by atoms with van der Waals surface area (Å²) < 4.78 is 24.0. The van der Waals surface area contributed by atoms with Gasteiger partial charge in [0, 0.05) is 5.69 Å². The van der Waals surface area contributed by atoms with E-state index >= 15 is 0 Å². The van der Waals surface area contributed by atoms with Gasteiger partial charge in [0.2, 0.25) is 0 Å². The molecule has 1 aromatic carbocycles. The maximum Gasteiger partial charge on any atom is 0.315 e. The molecule has 0 radical (unpaired) electrons. The minimum atomic E-state index is -3.08. The lowest BCUT2D eigenvalue weighted by Gasteiger charge is -2.19. The maximum atomic E-state index is 12.0. The number of hydrogen-bond donors (Lipinski definition) is 2. The van der Waals surface area contributed by atoms with E-state index in [1.165, 1.54) is 38.1 Å². The lowest BCUT2D eigenvalue weighted by Crippen LogP contribution is -2.28. The summed E-state index contributed by atoms with van der Waals surface area (Å²) in [5.41, 5.74) is -0.360. The lowest BCUT2D eigenvalue weighted by molar-refractivity contribution is -0.142. The molecule has 0 aliphatic rings. The molecular formula is C12H13F2NO3. The van der Waals surface area contributed by atoms with Gasteiger partial charge >= 0.3 is 12.4 Å². The van der Waals surface area contributed by atoms with Crippen molar-refractivity contribution in [2.45, 2.75) is 25.7 Å². The van der Waals surface area contributed by atoms with Crippen molar-refractivity contribution in [2.24, 2.45) is 0 Å². The zero-order valence-corrected chi connectivity index (χ0v) is 9.91. The molecule has 0 unspecified atom stereocenters. The van der Waals surface area contributed by atoms with E-state index < -0.39 is 23.7 Å². The molecule has 0 spiro atoms. The lowest BCUT2D eigenvalue weighted by atomic mass is 9.85. The first-order valence-electron chi connectivity index (χ1n) is 5.18. The van der Waals surface area contributed by atoms with Crippen LogP contribution in [0.3, 0.4) is 0 Å². The molecule has 6 heteroatoms. The van der Waals surface area contributed by atoms with Gasteiger partial charge in [-0.25, -0.2) is 0 Å². The van der Waals surface area contributed by atoms with Crippen LogP contribution in [0.4, 0.5) is 14.5 Å². The summed E-state index contributed by atoms with van der Waals surface area (Å²) >= 11 is 0. The van der Waals surface area contributed by atoms with Crippen LogP contribution in [0.25, 0.3) is 0 Å². The number of rotatable bonds is 4. The molecular weight excluding hydrogens is 244 g/mol. The van der Waals surface area contributed by atoms with Gasteiger partial charge in [-0.3, -0.25) is 9.59 Å². The number of alkyl halides is 2. The number of anilines is 1. The fraction of sp³-hybridized carbons (Fsp3) is 0.333. The van der Waals surface area contributed by atoms with Crippen LogP contribution in [0.1, 0.15) is 19.4 Å². The Bertz CT molecular complexity index is 455. The van der Waals surface area contributed by atoms with Crippen LogP contribution in [-0.2, 0) is 15.0 Å². The van der Waals surface area contributed by atoms with Gasteiger partial charge in [0.1, 0.15) is 0 Å². The fourth-order valence-corrected chi connectivity index (χ4v) is 1.29. The van der Waals surface area contributed by atoms with Gasteiger partial charge in [0.15, 0.2) is 0 Å². The summed E-state index contributed by atoms with van der Waals surface area (Å²) in [7, 11) is 0. The summed E-state index contributed by atoms with van der Waals surface area (Å²) in [6.45, 7) is 3.06. The Morgan fingerprint density at radius 2 is 1.72 bits per heavy atom. The fourth-order valence-electron chi connectivity index (χ4n) is 1.29. The van der Waals surface area contributed by atoms with E-state index in [-0.39, 0.29) is 5.69 Å². The third kappa shape index (κ3) is 3.03. The first kappa shape index (κ1) is 14.1. The van der Waals surface area contributed by atoms with E-state index in [4.69, 9.17) is 5.11 Å². The number of benzene rings is 1. The summed E-state index contributed by atoms with van der Waals surface area (Å²) in [6.07, 6.45) is -3.08. The van der Waals surface area contributed by atoms with Gasteiger partial charge in [-0.05, 0) is 31.5 Å². The summed E-state index contributed by atoms with van der Waals surface area (Å²) in [5, 5.41) is 11.0. The molecule has 0 heterocycles. The van der Waals surface area contributed by atoms with Gasteiger partial charge in [-0.1, -0.05) is 12.1 Å². The predicted molar refractivity (Wildman–Crippen MR) is 61.7 cm³/mol. The number of hydrogen-bond acceptors (Lipinski definition) is 2. The number of amides is 1. The van der Waals surface area contributed by atoms with E-state index in [9.17, 15) is 18.4 Å². The van der Waals surface area contributed by atoms with Crippen LogP contribution in [0.2, 0.25) is 0 Å². The average molecular weight is 257 g/mol. The number of aliphatic carboxylic acids is 1.